The van der Waals surface area contributed by atoms with Crippen molar-refractivity contribution in [1.29, 1.82) is 0 Å². The second kappa shape index (κ2) is 7.72. The molecule has 0 aliphatic rings. The van der Waals surface area contributed by atoms with Crippen molar-refractivity contribution in [2.24, 2.45) is 0 Å². The molecular weight excluding hydrogens is 308 g/mol. The number of hydrogen-bond donors (Lipinski definition) is 3. The van der Waals surface area contributed by atoms with Gasteiger partial charge in [-0.25, -0.2) is 0 Å². The summed E-state index contributed by atoms with van der Waals surface area (Å²) < 4.78 is 0. The number of aliphatic hydroxyl groups is 2. The Morgan fingerprint density at radius 3 is 1.96 bits per heavy atom. The molecule has 0 radical (unpaired) electrons. The minimum atomic E-state index is -1.84. The summed E-state index contributed by atoms with van der Waals surface area (Å²) in [5, 5.41) is 22.0. The van der Waals surface area contributed by atoms with E-state index in [0.717, 1.165) is 16.0 Å². The largest absolute Gasteiger partial charge is 0.380 e. The van der Waals surface area contributed by atoms with E-state index in [9.17, 15) is 19.8 Å². The van der Waals surface area contributed by atoms with E-state index in [0.29, 0.717) is 5.69 Å². The molecule has 2 aromatic rings. The van der Waals surface area contributed by atoms with Gasteiger partial charge in [0.25, 0.3) is 11.8 Å². The second-order valence-corrected chi connectivity index (χ2v) is 5.55. The Balaban J connectivity index is 2.03. The van der Waals surface area contributed by atoms with Crippen LogP contribution in [0.1, 0.15) is 0 Å². The van der Waals surface area contributed by atoms with Gasteiger partial charge in [-0.05, 0) is 23.3 Å². The van der Waals surface area contributed by atoms with Crippen LogP contribution >= 0.6 is 0 Å². The molecule has 0 spiro atoms. The minimum Gasteiger partial charge on any atom is -0.380 e. The first-order valence-corrected chi connectivity index (χ1v) is 7.44. The van der Waals surface area contributed by atoms with E-state index in [1.165, 1.54) is 14.1 Å². The smallest absolute Gasteiger partial charge is 0.256 e. The molecule has 0 saturated heterocycles. The molecule has 2 rings (SSSR count). The fourth-order valence-electron chi connectivity index (χ4n) is 2.14. The molecule has 0 saturated carbocycles. The van der Waals surface area contributed by atoms with Crippen molar-refractivity contribution in [2.45, 2.75) is 12.2 Å². The molecule has 6 heteroatoms. The number of nitrogens with zero attached hydrogens (tertiary/aromatic N) is 1. The van der Waals surface area contributed by atoms with Gasteiger partial charge in [-0.15, -0.1) is 0 Å². The van der Waals surface area contributed by atoms with Crippen LogP contribution in [0.3, 0.4) is 0 Å². The molecule has 2 amide bonds. The first kappa shape index (κ1) is 17.7. The van der Waals surface area contributed by atoms with Crippen LogP contribution in [0, 0.1) is 0 Å². The lowest BCUT2D eigenvalue weighted by Crippen LogP contribution is -2.47. The maximum atomic E-state index is 11.9. The number of rotatable bonds is 5. The normalized spacial score (nSPS) is 13.0. The summed E-state index contributed by atoms with van der Waals surface area (Å²) in [7, 11) is 2.86. The first-order chi connectivity index (χ1) is 11.4. The van der Waals surface area contributed by atoms with Gasteiger partial charge in [-0.1, -0.05) is 42.5 Å². The van der Waals surface area contributed by atoms with E-state index in [1.54, 1.807) is 12.1 Å². The number of amides is 2. The SMILES string of the molecule is CN(C)C(=O)[C@H](O)[C@@H](O)C(=O)Nc1ccc(-c2ccccc2)cc1. The molecule has 3 N–H and O–H groups in total. The number of likely N-dealkylation sites (N-methyl/N-ethyl adjacent to an activating group) is 1. The van der Waals surface area contributed by atoms with Gasteiger partial charge in [0, 0.05) is 19.8 Å². The molecule has 0 bridgehead atoms. The number of carbonyl (C=O) groups is 2. The van der Waals surface area contributed by atoms with Crippen LogP contribution in [-0.2, 0) is 9.59 Å². The van der Waals surface area contributed by atoms with Crippen LogP contribution in [0.5, 0.6) is 0 Å². The van der Waals surface area contributed by atoms with Gasteiger partial charge in [0.2, 0.25) is 0 Å². The van der Waals surface area contributed by atoms with E-state index in [1.807, 2.05) is 42.5 Å². The third-order valence-electron chi connectivity index (χ3n) is 3.52. The highest BCUT2D eigenvalue weighted by molar-refractivity contribution is 5.98. The predicted molar refractivity (Wildman–Crippen MR) is 91.2 cm³/mol. The monoisotopic (exact) mass is 328 g/mol. The van der Waals surface area contributed by atoms with Gasteiger partial charge in [0.15, 0.2) is 12.2 Å². The standard InChI is InChI=1S/C18H20N2O4/c1-20(2)18(24)16(22)15(21)17(23)19-14-10-8-13(9-11-14)12-6-4-3-5-7-12/h3-11,15-16,21-22H,1-2H3,(H,19,23)/t15-,16-/m1/s1. The van der Waals surface area contributed by atoms with Crippen molar-refractivity contribution >= 4 is 17.5 Å². The number of anilines is 1. The van der Waals surface area contributed by atoms with Crippen molar-refractivity contribution in [3.05, 3.63) is 54.6 Å². The quantitative estimate of drug-likeness (QED) is 0.767. The zero-order chi connectivity index (χ0) is 17.7. The molecule has 0 fully saturated rings. The van der Waals surface area contributed by atoms with Crippen LogP contribution in [0.4, 0.5) is 5.69 Å². The highest BCUT2D eigenvalue weighted by Crippen LogP contribution is 2.21. The Kier molecular flexibility index (Phi) is 5.68. The predicted octanol–water partition coefficient (Wildman–Crippen LogP) is 1.10. The van der Waals surface area contributed by atoms with Crippen molar-refractivity contribution in [3.8, 4) is 11.1 Å². The van der Waals surface area contributed by atoms with Gasteiger partial charge < -0.3 is 20.4 Å². The minimum absolute atomic E-state index is 0.461. The number of carbonyl (C=O) groups excluding carboxylic acids is 2. The highest BCUT2D eigenvalue weighted by Gasteiger charge is 2.31. The van der Waals surface area contributed by atoms with Crippen LogP contribution in [0.2, 0.25) is 0 Å². The Hall–Kier alpha value is -2.70. The average Bonchev–Trinajstić information content (AvgIpc) is 2.61. The molecule has 0 aromatic heterocycles. The summed E-state index contributed by atoms with van der Waals surface area (Å²) >= 11 is 0. The lowest BCUT2D eigenvalue weighted by molar-refractivity contribution is -0.149. The summed E-state index contributed by atoms with van der Waals surface area (Å²) in [5.41, 5.74) is 2.49. The maximum absolute atomic E-state index is 11.9. The molecule has 24 heavy (non-hydrogen) atoms. The summed E-state index contributed by atoms with van der Waals surface area (Å²) in [6, 6.07) is 16.8. The zero-order valence-electron chi connectivity index (χ0n) is 13.5. The molecule has 0 aliphatic heterocycles. The second-order valence-electron chi connectivity index (χ2n) is 5.55. The molecule has 126 valence electrons. The van der Waals surface area contributed by atoms with Gasteiger partial charge in [0.05, 0.1) is 0 Å². The highest BCUT2D eigenvalue weighted by atomic mass is 16.3. The fraction of sp³-hybridized carbons (Fsp3) is 0.222. The average molecular weight is 328 g/mol. The van der Waals surface area contributed by atoms with Crippen LogP contribution in [0.25, 0.3) is 11.1 Å². The number of nitrogens with one attached hydrogen (secondary N) is 1. The molecule has 0 unspecified atom stereocenters. The summed E-state index contributed by atoms with van der Waals surface area (Å²) in [6.07, 6.45) is -3.64. The van der Waals surface area contributed by atoms with E-state index in [4.69, 9.17) is 0 Å². The van der Waals surface area contributed by atoms with E-state index in [-0.39, 0.29) is 0 Å². The van der Waals surface area contributed by atoms with E-state index >= 15 is 0 Å². The Labute approximate surface area is 140 Å². The Morgan fingerprint density at radius 1 is 0.875 bits per heavy atom. The number of aliphatic hydroxyl groups excluding tert-OH is 2. The van der Waals surface area contributed by atoms with Crippen LogP contribution < -0.4 is 5.32 Å². The Bertz CT molecular complexity index is 699. The van der Waals surface area contributed by atoms with Gasteiger partial charge in [-0.2, -0.15) is 0 Å². The van der Waals surface area contributed by atoms with Crippen molar-refractivity contribution in [3.63, 3.8) is 0 Å². The molecule has 2 atom stereocenters. The van der Waals surface area contributed by atoms with Gasteiger partial charge in [0.1, 0.15) is 0 Å². The van der Waals surface area contributed by atoms with Crippen LogP contribution in [0.15, 0.2) is 54.6 Å². The van der Waals surface area contributed by atoms with Crippen molar-refractivity contribution < 1.29 is 19.8 Å². The summed E-state index contributed by atoms with van der Waals surface area (Å²) in [6.45, 7) is 0. The fourth-order valence-corrected chi connectivity index (χ4v) is 2.14. The topological polar surface area (TPSA) is 89.9 Å². The molecule has 6 nitrogen and oxygen atoms in total. The number of hydrogen-bond acceptors (Lipinski definition) is 4. The molecular formula is C18H20N2O4. The van der Waals surface area contributed by atoms with Gasteiger partial charge >= 0.3 is 0 Å². The molecule has 2 aromatic carbocycles. The maximum Gasteiger partial charge on any atom is 0.256 e. The number of benzene rings is 2. The third kappa shape index (κ3) is 4.18. The summed E-state index contributed by atoms with van der Waals surface area (Å²) in [5.74, 6) is -1.58. The van der Waals surface area contributed by atoms with E-state index in [2.05, 4.69) is 5.32 Å². The summed E-state index contributed by atoms with van der Waals surface area (Å²) in [4.78, 5) is 24.6. The molecule has 0 aliphatic carbocycles. The lowest BCUT2D eigenvalue weighted by atomic mass is 10.1. The zero-order valence-corrected chi connectivity index (χ0v) is 13.5. The van der Waals surface area contributed by atoms with Gasteiger partial charge in [-0.3, -0.25) is 9.59 Å². The van der Waals surface area contributed by atoms with Crippen molar-refractivity contribution in [1.82, 2.24) is 4.90 Å². The lowest BCUT2D eigenvalue weighted by Gasteiger charge is -2.20. The Morgan fingerprint density at radius 2 is 1.42 bits per heavy atom. The third-order valence-corrected chi connectivity index (χ3v) is 3.52. The molecule has 0 heterocycles. The van der Waals surface area contributed by atoms with E-state index < -0.39 is 24.0 Å². The van der Waals surface area contributed by atoms with Crippen molar-refractivity contribution in [2.75, 3.05) is 19.4 Å². The van der Waals surface area contributed by atoms with Crippen LogP contribution in [-0.4, -0.2) is 53.2 Å². The first-order valence-electron chi connectivity index (χ1n) is 7.44.